The maximum Gasteiger partial charge on any atom is 0.265 e. The van der Waals surface area contributed by atoms with Gasteiger partial charge < -0.3 is 19.9 Å². The first kappa shape index (κ1) is 20.3. The van der Waals surface area contributed by atoms with Gasteiger partial charge in [0.25, 0.3) is 10.0 Å². The number of pyridine rings is 1. The van der Waals surface area contributed by atoms with Gasteiger partial charge in [-0.25, -0.2) is 13.4 Å². The Morgan fingerprint density at radius 3 is 2.55 bits per heavy atom. The van der Waals surface area contributed by atoms with Gasteiger partial charge in [-0.1, -0.05) is 0 Å². The lowest BCUT2D eigenvalue weighted by atomic mass is 10.3. The fourth-order valence-electron chi connectivity index (χ4n) is 2.57. The SMILES string of the molecule is CCOc1ccc(OC)cc1S(=O)(=O)Nc1cccnc1Nc1ccc(O)cc1. The molecule has 0 aliphatic heterocycles. The van der Waals surface area contributed by atoms with E-state index in [1.807, 2.05) is 0 Å². The van der Waals surface area contributed by atoms with Crippen molar-refractivity contribution in [2.75, 3.05) is 23.8 Å². The van der Waals surface area contributed by atoms with Gasteiger partial charge in [-0.15, -0.1) is 0 Å². The second-order valence-electron chi connectivity index (χ2n) is 5.92. The number of aromatic nitrogens is 1. The Morgan fingerprint density at radius 1 is 1.10 bits per heavy atom. The van der Waals surface area contributed by atoms with Crippen molar-refractivity contribution in [3.8, 4) is 17.2 Å². The smallest absolute Gasteiger partial charge is 0.265 e. The van der Waals surface area contributed by atoms with Crippen LogP contribution in [0.4, 0.5) is 17.2 Å². The molecule has 3 aromatic rings. The number of sulfonamides is 1. The number of nitrogens with one attached hydrogen (secondary N) is 2. The Balaban J connectivity index is 1.94. The van der Waals surface area contributed by atoms with Crippen LogP contribution in [-0.2, 0) is 10.0 Å². The molecule has 9 heteroatoms. The third-order valence-corrected chi connectivity index (χ3v) is 5.31. The molecule has 0 amide bonds. The molecule has 152 valence electrons. The molecule has 1 aromatic heterocycles. The van der Waals surface area contributed by atoms with E-state index in [2.05, 4.69) is 15.0 Å². The van der Waals surface area contributed by atoms with Crippen molar-refractivity contribution < 1.29 is 23.0 Å². The van der Waals surface area contributed by atoms with Crippen molar-refractivity contribution in [2.45, 2.75) is 11.8 Å². The zero-order chi connectivity index (χ0) is 20.9. The lowest BCUT2D eigenvalue weighted by molar-refractivity contribution is 0.329. The van der Waals surface area contributed by atoms with Crippen LogP contribution in [0.5, 0.6) is 17.2 Å². The monoisotopic (exact) mass is 415 g/mol. The van der Waals surface area contributed by atoms with Gasteiger partial charge in [0.2, 0.25) is 0 Å². The number of nitrogens with zero attached hydrogens (tertiary/aromatic N) is 1. The molecule has 29 heavy (non-hydrogen) atoms. The van der Waals surface area contributed by atoms with Crippen molar-refractivity contribution in [1.82, 2.24) is 4.98 Å². The highest BCUT2D eigenvalue weighted by Gasteiger charge is 2.22. The number of ether oxygens (including phenoxy) is 2. The quantitative estimate of drug-likeness (QED) is 0.481. The first-order chi connectivity index (χ1) is 13.9. The number of anilines is 3. The Kier molecular flexibility index (Phi) is 6.08. The summed E-state index contributed by atoms with van der Waals surface area (Å²) in [5.41, 5.74) is 0.893. The van der Waals surface area contributed by atoms with E-state index in [0.29, 0.717) is 23.9 Å². The molecular formula is C20H21N3O5S. The lowest BCUT2D eigenvalue weighted by Crippen LogP contribution is -2.16. The zero-order valence-corrected chi connectivity index (χ0v) is 16.7. The molecule has 0 bridgehead atoms. The predicted octanol–water partition coefficient (Wildman–Crippen LogP) is 3.74. The summed E-state index contributed by atoms with van der Waals surface area (Å²) < 4.78 is 39.3. The Bertz CT molecular complexity index is 1090. The minimum absolute atomic E-state index is 0.0434. The van der Waals surface area contributed by atoms with Crippen LogP contribution in [0.25, 0.3) is 0 Å². The third kappa shape index (κ3) is 4.88. The second kappa shape index (κ2) is 8.70. The van der Waals surface area contributed by atoms with Gasteiger partial charge >= 0.3 is 0 Å². The molecule has 0 saturated heterocycles. The molecule has 0 spiro atoms. The summed E-state index contributed by atoms with van der Waals surface area (Å²) in [4.78, 5) is 4.17. The number of phenols is 1. The summed E-state index contributed by atoms with van der Waals surface area (Å²) in [6, 6.07) is 14.1. The van der Waals surface area contributed by atoms with Crippen molar-refractivity contribution >= 4 is 27.2 Å². The Morgan fingerprint density at radius 2 is 1.86 bits per heavy atom. The van der Waals surface area contributed by atoms with E-state index in [-0.39, 0.29) is 22.1 Å². The molecule has 0 fully saturated rings. The van der Waals surface area contributed by atoms with Crippen molar-refractivity contribution in [3.05, 3.63) is 60.8 Å². The van der Waals surface area contributed by atoms with Crippen molar-refractivity contribution in [3.63, 3.8) is 0 Å². The number of hydrogen-bond acceptors (Lipinski definition) is 7. The topological polar surface area (TPSA) is 110 Å². The number of methoxy groups -OCH3 is 1. The largest absolute Gasteiger partial charge is 0.508 e. The van der Waals surface area contributed by atoms with E-state index >= 15 is 0 Å². The Hall–Kier alpha value is -3.46. The normalized spacial score (nSPS) is 11.0. The molecule has 3 N–H and O–H groups in total. The van der Waals surface area contributed by atoms with E-state index in [0.717, 1.165) is 0 Å². The summed E-state index contributed by atoms with van der Waals surface area (Å²) in [6.07, 6.45) is 1.54. The first-order valence-corrected chi connectivity index (χ1v) is 10.3. The van der Waals surface area contributed by atoms with Gasteiger partial charge in [0, 0.05) is 18.0 Å². The maximum atomic E-state index is 13.1. The average molecular weight is 415 g/mol. The van der Waals surface area contributed by atoms with Gasteiger partial charge in [0.1, 0.15) is 22.1 Å². The standard InChI is InChI=1S/C20H21N3O5S/c1-3-28-18-11-10-16(27-2)13-19(18)29(25,26)23-17-5-4-12-21-20(17)22-14-6-8-15(24)9-7-14/h4-13,23-24H,3H2,1-2H3,(H,21,22). The molecule has 0 saturated carbocycles. The van der Waals surface area contributed by atoms with E-state index < -0.39 is 10.0 Å². The van der Waals surface area contributed by atoms with Gasteiger partial charge in [-0.2, -0.15) is 0 Å². The molecule has 0 unspecified atom stereocenters. The highest BCUT2D eigenvalue weighted by molar-refractivity contribution is 7.92. The maximum absolute atomic E-state index is 13.1. The van der Waals surface area contributed by atoms with E-state index in [9.17, 15) is 13.5 Å². The molecule has 1 heterocycles. The molecule has 0 radical (unpaired) electrons. The van der Waals surface area contributed by atoms with Crippen LogP contribution in [0, 0.1) is 0 Å². The van der Waals surface area contributed by atoms with Gasteiger partial charge in [-0.3, -0.25) is 4.72 Å². The van der Waals surface area contributed by atoms with Gasteiger partial charge in [-0.05, 0) is 55.5 Å². The number of phenolic OH excluding ortho intramolecular Hbond substituents is 1. The third-order valence-electron chi connectivity index (χ3n) is 3.92. The van der Waals surface area contributed by atoms with E-state index in [1.165, 1.54) is 31.5 Å². The van der Waals surface area contributed by atoms with Crippen LogP contribution in [0.3, 0.4) is 0 Å². The second-order valence-corrected chi connectivity index (χ2v) is 7.57. The van der Waals surface area contributed by atoms with Crippen LogP contribution < -0.4 is 19.5 Å². The first-order valence-electron chi connectivity index (χ1n) is 8.77. The van der Waals surface area contributed by atoms with Crippen LogP contribution in [-0.4, -0.2) is 32.2 Å². The fourth-order valence-corrected chi connectivity index (χ4v) is 3.80. The molecule has 2 aromatic carbocycles. The predicted molar refractivity (Wildman–Crippen MR) is 111 cm³/mol. The Labute approximate surface area is 169 Å². The number of benzene rings is 2. The highest BCUT2D eigenvalue weighted by Crippen LogP contribution is 2.32. The lowest BCUT2D eigenvalue weighted by Gasteiger charge is -2.16. The summed E-state index contributed by atoms with van der Waals surface area (Å²) in [6.45, 7) is 2.09. The molecule has 0 atom stereocenters. The number of hydrogen-bond donors (Lipinski definition) is 3. The minimum Gasteiger partial charge on any atom is -0.508 e. The molecule has 8 nitrogen and oxygen atoms in total. The average Bonchev–Trinajstić information content (AvgIpc) is 2.71. The molecule has 3 rings (SSSR count). The summed E-state index contributed by atoms with van der Waals surface area (Å²) in [7, 11) is -2.54. The van der Waals surface area contributed by atoms with E-state index in [4.69, 9.17) is 9.47 Å². The van der Waals surface area contributed by atoms with Crippen LogP contribution in [0.2, 0.25) is 0 Å². The zero-order valence-electron chi connectivity index (χ0n) is 15.9. The summed E-state index contributed by atoms with van der Waals surface area (Å²) >= 11 is 0. The van der Waals surface area contributed by atoms with Crippen molar-refractivity contribution in [1.29, 1.82) is 0 Å². The summed E-state index contributed by atoms with van der Waals surface area (Å²) in [5.74, 6) is 1.04. The molecular weight excluding hydrogens is 394 g/mol. The van der Waals surface area contributed by atoms with Crippen LogP contribution >= 0.6 is 0 Å². The molecule has 0 aliphatic rings. The van der Waals surface area contributed by atoms with Crippen molar-refractivity contribution in [2.24, 2.45) is 0 Å². The highest BCUT2D eigenvalue weighted by atomic mass is 32.2. The minimum atomic E-state index is -4.00. The van der Waals surface area contributed by atoms with Gasteiger partial charge in [0.15, 0.2) is 5.82 Å². The number of rotatable bonds is 8. The van der Waals surface area contributed by atoms with Crippen LogP contribution in [0.15, 0.2) is 65.7 Å². The number of aromatic hydroxyl groups is 1. The summed E-state index contributed by atoms with van der Waals surface area (Å²) in [5, 5.41) is 12.4. The van der Waals surface area contributed by atoms with E-state index in [1.54, 1.807) is 43.3 Å². The molecule has 0 aliphatic carbocycles. The van der Waals surface area contributed by atoms with Gasteiger partial charge in [0.05, 0.1) is 19.4 Å². The van der Waals surface area contributed by atoms with Crippen LogP contribution in [0.1, 0.15) is 6.92 Å². The fraction of sp³-hybridized carbons (Fsp3) is 0.150.